The van der Waals surface area contributed by atoms with Crippen molar-refractivity contribution < 1.29 is 0 Å². The number of nitrogens with zero attached hydrogens (tertiary/aromatic N) is 1. The fourth-order valence-electron chi connectivity index (χ4n) is 13.6. The van der Waals surface area contributed by atoms with Crippen LogP contribution in [0.1, 0.15) is 78.6 Å². The fourth-order valence-corrected chi connectivity index (χ4v) is 13.6. The van der Waals surface area contributed by atoms with Gasteiger partial charge in [0.15, 0.2) is 0 Å². The van der Waals surface area contributed by atoms with Crippen LogP contribution in [0.3, 0.4) is 0 Å². The number of benzene rings is 10. The Morgan fingerprint density at radius 3 is 1.46 bits per heavy atom. The minimum absolute atomic E-state index is 0.0562. The molecular formula is C69H53N. The summed E-state index contributed by atoms with van der Waals surface area (Å²) in [7, 11) is 0. The maximum Gasteiger partial charge on any atom is 0.0470 e. The lowest BCUT2D eigenvalue weighted by Gasteiger charge is -2.31. The minimum Gasteiger partial charge on any atom is -0.310 e. The Bertz CT molecular complexity index is 3770. The van der Waals surface area contributed by atoms with Gasteiger partial charge >= 0.3 is 0 Å². The Hall–Kier alpha value is -8.00. The Kier molecular flexibility index (Phi) is 8.79. The maximum atomic E-state index is 2.52. The van der Waals surface area contributed by atoms with Crippen LogP contribution in [0.15, 0.2) is 224 Å². The smallest absolute Gasteiger partial charge is 0.0470 e. The summed E-state index contributed by atoms with van der Waals surface area (Å²) < 4.78 is 0. The van der Waals surface area contributed by atoms with Gasteiger partial charge in [-0.25, -0.2) is 0 Å². The van der Waals surface area contributed by atoms with E-state index in [0.717, 1.165) is 29.9 Å². The highest BCUT2D eigenvalue weighted by Crippen LogP contribution is 2.60. The molecular weight excluding hydrogens is 843 g/mol. The zero-order chi connectivity index (χ0) is 46.9. The molecule has 0 amide bonds. The van der Waals surface area contributed by atoms with Crippen molar-refractivity contribution in [2.45, 2.75) is 56.8 Å². The topological polar surface area (TPSA) is 3.24 Å². The van der Waals surface area contributed by atoms with E-state index in [2.05, 4.69) is 257 Å². The van der Waals surface area contributed by atoms with Crippen LogP contribution in [0.4, 0.5) is 17.1 Å². The maximum absolute atomic E-state index is 2.52. The molecule has 0 saturated heterocycles. The van der Waals surface area contributed by atoms with Crippen molar-refractivity contribution in [3.63, 3.8) is 0 Å². The first-order chi connectivity index (χ1) is 34.2. The summed E-state index contributed by atoms with van der Waals surface area (Å²) in [5.74, 6) is 0. The first-order valence-corrected chi connectivity index (χ1v) is 25.1. The number of fused-ring (bicyclic) bond motifs is 13. The van der Waals surface area contributed by atoms with Crippen LogP contribution in [0.5, 0.6) is 0 Å². The Morgan fingerprint density at radius 1 is 0.300 bits per heavy atom. The molecule has 334 valence electrons. The van der Waals surface area contributed by atoms with E-state index in [0.29, 0.717) is 0 Å². The molecule has 0 radical (unpaired) electrons. The normalized spacial score (nSPS) is 16.7. The summed E-state index contributed by atoms with van der Waals surface area (Å²) >= 11 is 0. The third-order valence-corrected chi connectivity index (χ3v) is 16.9. The van der Waals surface area contributed by atoms with Gasteiger partial charge in [0.25, 0.3) is 0 Å². The second-order valence-corrected chi connectivity index (χ2v) is 21.1. The average molecular weight is 896 g/mol. The zero-order valence-corrected chi connectivity index (χ0v) is 40.2. The van der Waals surface area contributed by atoms with Gasteiger partial charge in [0.05, 0.1) is 0 Å². The Morgan fingerprint density at radius 2 is 0.757 bits per heavy atom. The van der Waals surface area contributed by atoms with Crippen LogP contribution in [0.25, 0.3) is 66.8 Å². The molecule has 10 aromatic rings. The molecule has 4 aliphatic rings. The van der Waals surface area contributed by atoms with Crippen LogP contribution in [-0.2, 0) is 22.7 Å². The quantitative estimate of drug-likeness (QED) is 0.161. The van der Waals surface area contributed by atoms with Gasteiger partial charge in [-0.3, -0.25) is 0 Å². The molecule has 1 heteroatoms. The molecule has 0 aliphatic heterocycles. The van der Waals surface area contributed by atoms with Crippen LogP contribution in [0, 0.1) is 0 Å². The van der Waals surface area contributed by atoms with E-state index in [-0.39, 0.29) is 16.2 Å². The second kappa shape index (κ2) is 15.0. The Balaban J connectivity index is 0.892. The van der Waals surface area contributed by atoms with E-state index in [4.69, 9.17) is 0 Å². The van der Waals surface area contributed by atoms with E-state index in [1.54, 1.807) is 0 Å². The van der Waals surface area contributed by atoms with Crippen LogP contribution >= 0.6 is 0 Å². The molecule has 1 unspecified atom stereocenters. The largest absolute Gasteiger partial charge is 0.310 e. The van der Waals surface area contributed by atoms with Gasteiger partial charge in [-0.1, -0.05) is 210 Å². The van der Waals surface area contributed by atoms with Crippen molar-refractivity contribution >= 4 is 17.1 Å². The molecule has 0 heterocycles. The Labute approximate surface area is 412 Å². The van der Waals surface area contributed by atoms with E-state index in [1.165, 1.54) is 111 Å². The van der Waals surface area contributed by atoms with Gasteiger partial charge in [0.2, 0.25) is 0 Å². The lowest BCUT2D eigenvalue weighted by atomic mass is 9.73. The summed E-state index contributed by atoms with van der Waals surface area (Å²) in [6, 6.07) is 85.0. The summed E-state index contributed by atoms with van der Waals surface area (Å²) in [4.78, 5) is 2.48. The molecule has 0 saturated carbocycles. The summed E-state index contributed by atoms with van der Waals surface area (Å²) in [5, 5.41) is 0. The molecule has 1 spiro atoms. The van der Waals surface area contributed by atoms with E-state index < -0.39 is 0 Å². The third-order valence-electron chi connectivity index (χ3n) is 16.9. The molecule has 4 aliphatic carbocycles. The summed E-state index contributed by atoms with van der Waals surface area (Å²) in [6.45, 7) is 9.50. The van der Waals surface area contributed by atoms with Crippen LogP contribution in [-0.4, -0.2) is 0 Å². The van der Waals surface area contributed by atoms with Crippen molar-refractivity contribution in [3.05, 3.63) is 269 Å². The van der Waals surface area contributed by atoms with Gasteiger partial charge in [-0.05, 0) is 167 Å². The predicted molar refractivity (Wildman–Crippen MR) is 293 cm³/mol. The van der Waals surface area contributed by atoms with Gasteiger partial charge in [-0.2, -0.15) is 0 Å². The van der Waals surface area contributed by atoms with Crippen molar-refractivity contribution in [1.29, 1.82) is 0 Å². The lowest BCUT2D eigenvalue weighted by molar-refractivity contribution is 0.626. The molecule has 1 atom stereocenters. The van der Waals surface area contributed by atoms with Gasteiger partial charge in [0, 0.05) is 33.3 Å². The molecule has 0 aromatic heterocycles. The van der Waals surface area contributed by atoms with Crippen molar-refractivity contribution in [1.82, 2.24) is 0 Å². The lowest BCUT2D eigenvalue weighted by Crippen LogP contribution is -2.24. The number of hydrogen-bond acceptors (Lipinski definition) is 1. The average Bonchev–Trinajstić information content (AvgIpc) is 4.08. The molecule has 1 nitrogen and oxygen atoms in total. The summed E-state index contributed by atoms with van der Waals surface area (Å²) in [5.41, 5.74) is 30.0. The van der Waals surface area contributed by atoms with Crippen LogP contribution < -0.4 is 4.90 Å². The molecule has 70 heavy (non-hydrogen) atoms. The number of anilines is 3. The second-order valence-electron chi connectivity index (χ2n) is 21.1. The first kappa shape index (κ1) is 41.0. The van der Waals surface area contributed by atoms with Crippen molar-refractivity contribution in [2.24, 2.45) is 0 Å². The molecule has 0 bridgehead atoms. The third kappa shape index (κ3) is 5.73. The van der Waals surface area contributed by atoms with Crippen molar-refractivity contribution in [3.8, 4) is 66.8 Å². The predicted octanol–water partition coefficient (Wildman–Crippen LogP) is 18.0. The molecule has 0 N–H and O–H groups in total. The zero-order valence-electron chi connectivity index (χ0n) is 40.2. The van der Waals surface area contributed by atoms with Gasteiger partial charge < -0.3 is 4.90 Å². The molecule has 14 rings (SSSR count). The minimum atomic E-state index is -0.184. The van der Waals surface area contributed by atoms with Gasteiger partial charge in [0.1, 0.15) is 0 Å². The first-order valence-electron chi connectivity index (χ1n) is 25.1. The highest BCUT2D eigenvalue weighted by Gasteiger charge is 2.48. The highest BCUT2D eigenvalue weighted by molar-refractivity contribution is 5.94. The van der Waals surface area contributed by atoms with Gasteiger partial charge in [-0.15, -0.1) is 0 Å². The highest BCUT2D eigenvalue weighted by atomic mass is 15.1. The number of aryl methyl sites for hydroxylation is 1. The van der Waals surface area contributed by atoms with Crippen molar-refractivity contribution in [2.75, 3.05) is 4.90 Å². The molecule has 10 aromatic carbocycles. The van der Waals surface area contributed by atoms with E-state index in [9.17, 15) is 0 Å². The molecule has 0 fully saturated rings. The SMILES string of the molecule is CC1(C)c2ccccc2-c2ccc(-c3ccc(N(c4ccc(-c5ccccc5-c5cccc6c5C(C)(C)c5ccccc5-6)cc4)c4ccc5c(c4)C4(CCc6ccccc64)c4ccccc4-5)cc3)cc21. The number of hydrogen-bond donors (Lipinski definition) is 0. The van der Waals surface area contributed by atoms with Crippen LogP contribution in [0.2, 0.25) is 0 Å². The monoisotopic (exact) mass is 895 g/mol. The van der Waals surface area contributed by atoms with E-state index >= 15 is 0 Å². The number of rotatable bonds is 6. The standard InChI is InChI=1S/C69H53N/c1-67(2)61-25-12-8-19-53(61)56-38-32-47(42-64(56)67)44-28-33-48(34-29-44)70(50-37-39-57-54-20-10-14-27-63(54)69(65(57)43-50)41-40-46-16-5-11-24-60(46)69)49-35-30-45(31-36-49)51-17-6-7-18-52(51)58-22-15-23-59-55-21-9-13-26-62(55)68(3,4)66(58)59/h5-39,42-43H,40-41H2,1-4H3. The summed E-state index contributed by atoms with van der Waals surface area (Å²) in [6.07, 6.45) is 2.14. The van der Waals surface area contributed by atoms with E-state index in [1.807, 2.05) is 0 Å². The fraction of sp³-hybridized carbons (Fsp3) is 0.130.